The molecule has 0 aliphatic heterocycles. The van der Waals surface area contributed by atoms with Crippen molar-refractivity contribution in [2.24, 2.45) is 5.92 Å². The quantitative estimate of drug-likeness (QED) is 0.550. The second kappa shape index (κ2) is 8.47. The maximum Gasteiger partial charge on any atom is 0.00617 e. The molecule has 2 aromatic rings. The van der Waals surface area contributed by atoms with Crippen LogP contribution in [0.1, 0.15) is 41.0 Å². The van der Waals surface area contributed by atoms with E-state index in [1.165, 1.54) is 22.3 Å². The van der Waals surface area contributed by atoms with Gasteiger partial charge in [0.1, 0.15) is 0 Å². The van der Waals surface area contributed by atoms with Crippen molar-refractivity contribution in [2.45, 2.75) is 18.8 Å². The van der Waals surface area contributed by atoms with Crippen LogP contribution < -0.4 is 0 Å². The van der Waals surface area contributed by atoms with Gasteiger partial charge in [0.05, 0.1) is 0 Å². The van der Waals surface area contributed by atoms with Gasteiger partial charge in [-0.3, -0.25) is 0 Å². The van der Waals surface area contributed by atoms with Crippen LogP contribution in [0.25, 0.3) is 12.2 Å². The van der Waals surface area contributed by atoms with Crippen molar-refractivity contribution in [1.29, 1.82) is 0 Å². The van der Waals surface area contributed by atoms with Crippen molar-refractivity contribution < 1.29 is 26.2 Å². The molecule has 0 nitrogen and oxygen atoms in total. The average molecular weight is 423 g/mol. The Morgan fingerprint density at radius 3 is 1.52 bits per heavy atom. The van der Waals surface area contributed by atoms with Gasteiger partial charge in [0, 0.05) is 38.0 Å². The van der Waals surface area contributed by atoms with E-state index < -0.39 is 0 Å². The Labute approximate surface area is 170 Å². The molecular weight excluding hydrogens is 402 g/mol. The van der Waals surface area contributed by atoms with Gasteiger partial charge in [0.2, 0.25) is 0 Å². The summed E-state index contributed by atoms with van der Waals surface area (Å²) in [7, 11) is 0. The maximum atomic E-state index is 2.38. The number of allylic oxidation sites excluding steroid dienone is 2. The Balaban J connectivity index is 0.000000882. The number of fused-ring (bicyclic) bond motifs is 2. The summed E-state index contributed by atoms with van der Waals surface area (Å²) >= 11 is 0. The van der Waals surface area contributed by atoms with Crippen molar-refractivity contribution in [3.63, 3.8) is 0 Å². The zero-order valence-electron chi connectivity index (χ0n) is 13.0. The van der Waals surface area contributed by atoms with Gasteiger partial charge in [-0.15, -0.1) is 24.8 Å². The number of rotatable bonds is 2. The molecule has 2 aliphatic carbocycles. The summed E-state index contributed by atoms with van der Waals surface area (Å²) in [6.07, 6.45) is 9.32. The first-order valence-electron chi connectivity index (χ1n) is 7.39. The molecule has 4 rings (SSSR count). The Hall–Kier alpha value is -0.617. The van der Waals surface area contributed by atoms with E-state index in [0.717, 1.165) is 0 Å². The first-order valence-corrected chi connectivity index (χ1v) is 7.39. The predicted octanol–water partition coefficient (Wildman–Crippen LogP) is 6.08. The van der Waals surface area contributed by atoms with Gasteiger partial charge in [0.15, 0.2) is 0 Å². The van der Waals surface area contributed by atoms with Crippen molar-refractivity contribution in [3.8, 4) is 0 Å². The fourth-order valence-corrected chi connectivity index (χ4v) is 3.69. The molecule has 0 radical (unpaired) electrons. The molecular formula is C20H20Cl2Zr. The summed E-state index contributed by atoms with van der Waals surface area (Å²) in [4.78, 5) is 0. The summed E-state index contributed by atoms with van der Waals surface area (Å²) in [5, 5.41) is 0. The van der Waals surface area contributed by atoms with E-state index in [0.29, 0.717) is 17.8 Å². The maximum absolute atomic E-state index is 2.38. The van der Waals surface area contributed by atoms with Gasteiger partial charge >= 0.3 is 0 Å². The summed E-state index contributed by atoms with van der Waals surface area (Å²) in [6.45, 7) is 2.38. The van der Waals surface area contributed by atoms with Gasteiger partial charge in [-0.2, -0.15) is 0 Å². The van der Waals surface area contributed by atoms with Crippen LogP contribution >= 0.6 is 24.8 Å². The molecule has 0 spiro atoms. The second-order valence-electron chi connectivity index (χ2n) is 5.89. The summed E-state index contributed by atoms with van der Waals surface area (Å²) in [6, 6.07) is 17.6. The van der Waals surface area contributed by atoms with E-state index in [2.05, 4.69) is 79.8 Å². The van der Waals surface area contributed by atoms with E-state index in [9.17, 15) is 0 Å². The smallest absolute Gasteiger partial charge is 0.00617 e. The van der Waals surface area contributed by atoms with Gasteiger partial charge < -0.3 is 0 Å². The van der Waals surface area contributed by atoms with Crippen LogP contribution in [0.4, 0.5) is 0 Å². The first-order chi connectivity index (χ1) is 9.84. The van der Waals surface area contributed by atoms with Crippen LogP contribution in [0, 0.1) is 5.92 Å². The van der Waals surface area contributed by atoms with Crippen LogP contribution in [0.2, 0.25) is 0 Å². The number of halogens is 2. The Bertz CT molecular complexity index is 660. The summed E-state index contributed by atoms with van der Waals surface area (Å²) in [5.74, 6) is 1.66. The largest absolute Gasteiger partial charge is 0.147 e. The molecule has 0 bridgehead atoms. The fourth-order valence-electron chi connectivity index (χ4n) is 3.69. The van der Waals surface area contributed by atoms with Crippen LogP contribution in [-0.4, -0.2) is 0 Å². The van der Waals surface area contributed by atoms with E-state index >= 15 is 0 Å². The molecule has 2 aromatic carbocycles. The number of hydrogen-bond acceptors (Lipinski definition) is 0. The molecule has 0 heterocycles. The fraction of sp³-hybridized carbons (Fsp3) is 0.200. The molecule has 3 heteroatoms. The van der Waals surface area contributed by atoms with Crippen LogP contribution in [0.5, 0.6) is 0 Å². The van der Waals surface area contributed by atoms with Gasteiger partial charge in [-0.1, -0.05) is 79.8 Å². The monoisotopic (exact) mass is 420 g/mol. The van der Waals surface area contributed by atoms with Crippen molar-refractivity contribution in [1.82, 2.24) is 0 Å². The van der Waals surface area contributed by atoms with Crippen molar-refractivity contribution in [2.75, 3.05) is 0 Å². The minimum Gasteiger partial charge on any atom is -0.147 e. The molecule has 0 aromatic heterocycles. The van der Waals surface area contributed by atoms with E-state index in [1.807, 2.05) is 0 Å². The molecule has 0 fully saturated rings. The molecule has 0 saturated heterocycles. The van der Waals surface area contributed by atoms with Gasteiger partial charge in [-0.05, 0) is 28.2 Å². The number of benzene rings is 2. The first kappa shape index (κ1) is 20.4. The minimum absolute atomic E-state index is 0. The average Bonchev–Trinajstić information content (AvgIpc) is 3.11. The van der Waals surface area contributed by atoms with Gasteiger partial charge in [-0.25, -0.2) is 0 Å². The molecule has 118 valence electrons. The Morgan fingerprint density at radius 1 is 0.696 bits per heavy atom. The van der Waals surface area contributed by atoms with Gasteiger partial charge in [0.25, 0.3) is 0 Å². The normalized spacial score (nSPS) is 20.6. The van der Waals surface area contributed by atoms with E-state index in [-0.39, 0.29) is 51.0 Å². The standard InChI is InChI=1S/C20H18.2ClH.Zr/c1-14(17-12-10-15-6-2-4-8-19(15)17)18-13-11-16-7-3-5-9-20(16)18;;;/h2-14,17-18H,1H3;2*1H;. The Morgan fingerprint density at radius 2 is 1.09 bits per heavy atom. The third-order valence-corrected chi connectivity index (χ3v) is 4.81. The van der Waals surface area contributed by atoms with Crippen LogP contribution in [0.3, 0.4) is 0 Å². The minimum atomic E-state index is 0. The van der Waals surface area contributed by atoms with Crippen molar-refractivity contribution in [3.05, 3.63) is 82.9 Å². The predicted molar refractivity (Wildman–Crippen MR) is 100 cm³/mol. The molecule has 0 saturated carbocycles. The zero-order chi connectivity index (χ0) is 13.5. The zero-order valence-corrected chi connectivity index (χ0v) is 17.1. The second-order valence-corrected chi connectivity index (χ2v) is 5.89. The van der Waals surface area contributed by atoms with E-state index in [4.69, 9.17) is 0 Å². The Kier molecular flexibility index (Phi) is 7.52. The molecule has 0 N–H and O–H groups in total. The summed E-state index contributed by atoms with van der Waals surface area (Å²) in [5.41, 5.74) is 5.75. The number of hydrogen-bond donors (Lipinski definition) is 0. The molecule has 0 amide bonds. The summed E-state index contributed by atoms with van der Waals surface area (Å²) < 4.78 is 0. The third-order valence-electron chi connectivity index (χ3n) is 4.81. The molecule has 2 aliphatic rings. The molecule has 23 heavy (non-hydrogen) atoms. The van der Waals surface area contributed by atoms with Crippen LogP contribution in [0.15, 0.2) is 60.7 Å². The molecule has 2 atom stereocenters. The SMILES string of the molecule is CC(C1C=Cc2ccccc21)C1C=Cc2ccccc21.Cl.Cl.[Zr]. The van der Waals surface area contributed by atoms with Crippen LogP contribution in [-0.2, 0) is 26.2 Å². The topological polar surface area (TPSA) is 0 Å². The van der Waals surface area contributed by atoms with E-state index in [1.54, 1.807) is 0 Å². The molecule has 2 unspecified atom stereocenters. The third kappa shape index (κ3) is 3.58. The van der Waals surface area contributed by atoms with Crippen molar-refractivity contribution >= 4 is 37.0 Å².